The largest absolute Gasteiger partial charge is 0.304 e. The highest BCUT2D eigenvalue weighted by molar-refractivity contribution is 7.99. The molecule has 0 bridgehead atoms. The zero-order chi connectivity index (χ0) is 16.2. The molecule has 0 saturated carbocycles. The summed E-state index contributed by atoms with van der Waals surface area (Å²) in [6.07, 6.45) is 3.36. The second-order valence-electron chi connectivity index (χ2n) is 6.90. The van der Waals surface area contributed by atoms with Gasteiger partial charge < -0.3 is 4.90 Å². The van der Waals surface area contributed by atoms with Gasteiger partial charge in [-0.1, -0.05) is 6.92 Å². The smallest absolute Gasteiger partial charge is 0.114 e. The molecule has 3 rings (SSSR count). The average molecular weight is 331 g/mol. The van der Waals surface area contributed by atoms with Gasteiger partial charge in [0.05, 0.1) is 5.56 Å². The van der Waals surface area contributed by atoms with Gasteiger partial charge in [-0.05, 0) is 43.9 Å². The van der Waals surface area contributed by atoms with Crippen molar-refractivity contribution in [2.75, 3.05) is 45.5 Å². The maximum atomic E-state index is 9.44. The Morgan fingerprint density at radius 1 is 1.35 bits per heavy atom. The zero-order valence-electron chi connectivity index (χ0n) is 14.2. The Balaban J connectivity index is 1.60. The number of hydrogen-bond donors (Lipinski definition) is 0. The molecule has 1 aromatic heterocycles. The number of aromatic nitrogens is 1. The van der Waals surface area contributed by atoms with Gasteiger partial charge in [-0.3, -0.25) is 4.90 Å². The summed E-state index contributed by atoms with van der Waals surface area (Å²) in [7, 11) is 2.18. The number of fused-ring (bicyclic) bond motifs is 1. The van der Waals surface area contributed by atoms with Gasteiger partial charge in [0.1, 0.15) is 11.1 Å². The minimum absolute atomic E-state index is 0.714. The Morgan fingerprint density at radius 3 is 2.87 bits per heavy atom. The topological polar surface area (TPSA) is 43.2 Å². The van der Waals surface area contributed by atoms with Gasteiger partial charge in [0, 0.05) is 44.2 Å². The number of hydrogen-bond acceptors (Lipinski definition) is 5. The van der Waals surface area contributed by atoms with E-state index in [4.69, 9.17) is 4.98 Å². The lowest BCUT2D eigenvalue weighted by molar-refractivity contribution is 0.161. The van der Waals surface area contributed by atoms with Gasteiger partial charge in [-0.15, -0.1) is 11.8 Å². The molecule has 0 radical (unpaired) electrons. The molecule has 2 aliphatic rings. The van der Waals surface area contributed by atoms with E-state index in [0.29, 0.717) is 5.92 Å². The Bertz CT molecular complexity index is 587. The second kappa shape index (κ2) is 7.65. The van der Waals surface area contributed by atoms with Crippen LogP contribution < -0.4 is 0 Å². The number of nitrogens with zero attached hydrogens (tertiary/aromatic N) is 4. The highest BCUT2D eigenvalue weighted by Crippen LogP contribution is 2.29. The van der Waals surface area contributed by atoms with Crippen molar-refractivity contribution in [1.29, 1.82) is 5.26 Å². The van der Waals surface area contributed by atoms with Gasteiger partial charge >= 0.3 is 0 Å². The van der Waals surface area contributed by atoms with Crippen LogP contribution in [0.4, 0.5) is 0 Å². The van der Waals surface area contributed by atoms with E-state index in [1.165, 1.54) is 17.7 Å². The van der Waals surface area contributed by atoms with E-state index in [1.807, 2.05) is 0 Å². The van der Waals surface area contributed by atoms with Crippen molar-refractivity contribution >= 4 is 11.8 Å². The number of likely N-dealkylation sites (N-methyl/N-ethyl adjacent to an activating group) is 1. The predicted molar refractivity (Wildman–Crippen MR) is 94.8 cm³/mol. The standard InChI is InChI=1S/C18H26N4S/c1-14-3-4-17-15(11-14)12-16(13-19)18(20-17)23-10-9-22-7-5-21(2)6-8-22/h12,14H,3-11H2,1-2H3. The zero-order valence-corrected chi connectivity index (χ0v) is 15.0. The van der Waals surface area contributed by atoms with Gasteiger partial charge in [0.15, 0.2) is 0 Å². The fraction of sp³-hybridized carbons (Fsp3) is 0.667. The van der Waals surface area contributed by atoms with Crippen LogP contribution in [0.2, 0.25) is 0 Å². The Morgan fingerprint density at radius 2 is 2.13 bits per heavy atom. The predicted octanol–water partition coefficient (Wildman–Crippen LogP) is 2.42. The van der Waals surface area contributed by atoms with Crippen LogP contribution in [-0.4, -0.2) is 60.3 Å². The summed E-state index contributed by atoms with van der Waals surface area (Å²) in [4.78, 5) is 9.72. The average Bonchev–Trinajstić information content (AvgIpc) is 2.56. The molecule has 0 N–H and O–H groups in total. The van der Waals surface area contributed by atoms with Gasteiger partial charge in [-0.2, -0.15) is 5.26 Å². The van der Waals surface area contributed by atoms with E-state index in [9.17, 15) is 5.26 Å². The van der Waals surface area contributed by atoms with Crippen molar-refractivity contribution in [1.82, 2.24) is 14.8 Å². The number of aryl methyl sites for hydroxylation is 1. The monoisotopic (exact) mass is 330 g/mol. The number of thioether (sulfide) groups is 1. The van der Waals surface area contributed by atoms with Crippen molar-refractivity contribution in [2.24, 2.45) is 5.92 Å². The molecular formula is C18H26N4S. The molecule has 0 amide bonds. The molecule has 1 aliphatic heterocycles. The molecule has 4 nitrogen and oxygen atoms in total. The molecule has 1 saturated heterocycles. The van der Waals surface area contributed by atoms with Gasteiger partial charge in [0.25, 0.3) is 0 Å². The molecule has 1 aliphatic carbocycles. The quantitative estimate of drug-likeness (QED) is 0.793. The lowest BCUT2D eigenvalue weighted by Crippen LogP contribution is -2.45. The van der Waals surface area contributed by atoms with Crippen LogP contribution in [0.1, 0.15) is 30.2 Å². The van der Waals surface area contributed by atoms with Crippen molar-refractivity contribution in [3.05, 3.63) is 22.9 Å². The van der Waals surface area contributed by atoms with Crippen LogP contribution in [0.5, 0.6) is 0 Å². The molecule has 2 heterocycles. The van der Waals surface area contributed by atoms with Crippen LogP contribution >= 0.6 is 11.8 Å². The number of rotatable bonds is 4. The fourth-order valence-electron chi connectivity index (χ4n) is 3.36. The van der Waals surface area contributed by atoms with E-state index in [2.05, 4.69) is 35.9 Å². The van der Waals surface area contributed by atoms with Crippen molar-refractivity contribution in [3.63, 3.8) is 0 Å². The molecular weight excluding hydrogens is 304 g/mol. The molecule has 5 heteroatoms. The van der Waals surface area contributed by atoms with Crippen LogP contribution in [0, 0.1) is 17.2 Å². The first-order chi connectivity index (χ1) is 11.2. The third kappa shape index (κ3) is 4.26. The van der Waals surface area contributed by atoms with E-state index in [0.717, 1.165) is 61.9 Å². The molecule has 23 heavy (non-hydrogen) atoms. The van der Waals surface area contributed by atoms with Crippen molar-refractivity contribution in [3.8, 4) is 6.07 Å². The van der Waals surface area contributed by atoms with Crippen LogP contribution in [-0.2, 0) is 12.8 Å². The minimum atomic E-state index is 0.714. The summed E-state index contributed by atoms with van der Waals surface area (Å²) in [5.74, 6) is 1.73. The third-order valence-electron chi connectivity index (χ3n) is 4.96. The Kier molecular flexibility index (Phi) is 5.58. The second-order valence-corrected chi connectivity index (χ2v) is 7.98. The third-order valence-corrected chi connectivity index (χ3v) is 5.93. The van der Waals surface area contributed by atoms with Crippen LogP contribution in [0.3, 0.4) is 0 Å². The van der Waals surface area contributed by atoms with Gasteiger partial charge in [0.2, 0.25) is 0 Å². The molecule has 1 unspecified atom stereocenters. The molecule has 0 spiro atoms. The lowest BCUT2D eigenvalue weighted by atomic mass is 9.87. The summed E-state index contributed by atoms with van der Waals surface area (Å²) in [6.45, 7) is 7.98. The summed E-state index contributed by atoms with van der Waals surface area (Å²) in [6, 6.07) is 4.44. The summed E-state index contributed by atoms with van der Waals surface area (Å²) < 4.78 is 0. The number of pyridine rings is 1. The first-order valence-corrected chi connectivity index (χ1v) is 9.61. The summed E-state index contributed by atoms with van der Waals surface area (Å²) in [5.41, 5.74) is 3.29. The molecule has 124 valence electrons. The van der Waals surface area contributed by atoms with Gasteiger partial charge in [-0.25, -0.2) is 4.98 Å². The van der Waals surface area contributed by atoms with E-state index < -0.39 is 0 Å². The van der Waals surface area contributed by atoms with E-state index in [-0.39, 0.29) is 0 Å². The van der Waals surface area contributed by atoms with Crippen molar-refractivity contribution < 1.29 is 0 Å². The summed E-state index contributed by atoms with van der Waals surface area (Å²) >= 11 is 1.75. The molecule has 1 fully saturated rings. The van der Waals surface area contributed by atoms with Crippen LogP contribution in [0.25, 0.3) is 0 Å². The summed E-state index contributed by atoms with van der Waals surface area (Å²) in [5, 5.41) is 10.4. The maximum Gasteiger partial charge on any atom is 0.114 e. The Labute approximate surface area is 143 Å². The fourth-order valence-corrected chi connectivity index (χ4v) is 4.34. The SMILES string of the molecule is CC1CCc2nc(SCCN3CCN(C)CC3)c(C#N)cc2C1. The molecule has 1 atom stereocenters. The number of piperazine rings is 1. The van der Waals surface area contributed by atoms with E-state index in [1.54, 1.807) is 11.8 Å². The normalized spacial score (nSPS) is 22.6. The first-order valence-electron chi connectivity index (χ1n) is 8.62. The molecule has 0 aromatic carbocycles. The van der Waals surface area contributed by atoms with E-state index >= 15 is 0 Å². The van der Waals surface area contributed by atoms with Crippen LogP contribution in [0.15, 0.2) is 11.1 Å². The molecule has 1 aromatic rings. The highest BCUT2D eigenvalue weighted by atomic mass is 32.2. The van der Waals surface area contributed by atoms with Crippen molar-refractivity contribution in [2.45, 2.75) is 31.2 Å². The number of nitriles is 1. The minimum Gasteiger partial charge on any atom is -0.304 e. The Hall–Kier alpha value is -1.09. The lowest BCUT2D eigenvalue weighted by Gasteiger charge is -2.32. The highest BCUT2D eigenvalue weighted by Gasteiger charge is 2.19. The maximum absolute atomic E-state index is 9.44. The first kappa shape index (κ1) is 16.8.